The second-order valence-electron chi connectivity index (χ2n) is 3.88. The molecule has 0 aliphatic carbocycles. The van der Waals surface area contributed by atoms with Gasteiger partial charge in [-0.2, -0.15) is 0 Å². The van der Waals surface area contributed by atoms with E-state index in [1.165, 1.54) is 11.1 Å². The summed E-state index contributed by atoms with van der Waals surface area (Å²) in [5.41, 5.74) is 2.35. The number of pyridine rings is 1. The number of rotatable bonds is 3. The molecule has 3 nitrogen and oxygen atoms in total. The minimum Gasteiger partial charge on any atom is -1.00 e. The van der Waals surface area contributed by atoms with Gasteiger partial charge in [-0.25, -0.2) is 4.58 Å². The number of allylic oxidation sites excluding steroid dienone is 1. The van der Waals surface area contributed by atoms with Crippen LogP contribution >= 0.6 is 12.4 Å². The number of aromatic nitrogens is 1. The minimum absolute atomic E-state index is 0. The van der Waals surface area contributed by atoms with Crippen molar-refractivity contribution in [2.45, 2.75) is 0 Å². The highest BCUT2D eigenvalue weighted by atomic mass is 35.5. The van der Waals surface area contributed by atoms with Crippen molar-refractivity contribution < 1.29 is 17.0 Å². The van der Waals surface area contributed by atoms with Gasteiger partial charge in [-0.05, 0) is 17.7 Å². The Kier molecular flexibility index (Phi) is 9.72. The van der Waals surface area contributed by atoms with Crippen molar-refractivity contribution in [3.05, 3.63) is 36.3 Å². The topological polar surface area (TPSA) is 19.1 Å². The molecular weight excluding hydrogens is 257 g/mol. The quantitative estimate of drug-likeness (QED) is 0.508. The maximum atomic E-state index is 4.02. The van der Waals surface area contributed by atoms with Crippen molar-refractivity contribution in [1.82, 2.24) is 9.88 Å². The Bertz CT molecular complexity index is 369. The molecule has 1 heterocycles. The van der Waals surface area contributed by atoms with Crippen LogP contribution in [0.3, 0.4) is 0 Å². The highest BCUT2D eigenvalue weighted by Crippen LogP contribution is 2.10. The summed E-state index contributed by atoms with van der Waals surface area (Å²) in [6, 6.07) is 4.02. The Morgan fingerprint density at radius 2 is 1.76 bits per heavy atom. The van der Waals surface area contributed by atoms with E-state index in [1.54, 1.807) is 0 Å². The summed E-state index contributed by atoms with van der Waals surface area (Å²) in [7, 11) is 8.07. The van der Waals surface area contributed by atoms with Crippen LogP contribution in [0.25, 0.3) is 5.57 Å². The Balaban J connectivity index is 0. The third-order valence-electron chi connectivity index (χ3n) is 1.81. The highest BCUT2D eigenvalue weighted by Gasteiger charge is 2.02. The maximum absolute atomic E-state index is 4.02. The zero-order valence-electron chi connectivity index (χ0n) is 10.6. The van der Waals surface area contributed by atoms with E-state index in [0.717, 1.165) is 0 Å². The highest BCUT2D eigenvalue weighted by molar-refractivity contribution is 6.07. The van der Waals surface area contributed by atoms with Crippen LogP contribution in [0.5, 0.6) is 0 Å². The van der Waals surface area contributed by atoms with Crippen molar-refractivity contribution >= 4 is 24.2 Å². The molecule has 1 aromatic rings. The molecule has 0 amide bonds. The second-order valence-corrected chi connectivity index (χ2v) is 3.88. The summed E-state index contributed by atoms with van der Waals surface area (Å²) in [4.78, 5) is 6.06. The van der Waals surface area contributed by atoms with Crippen molar-refractivity contribution in [2.75, 3.05) is 28.2 Å². The van der Waals surface area contributed by atoms with Crippen molar-refractivity contribution in [2.24, 2.45) is 0 Å². The van der Waals surface area contributed by atoms with Crippen molar-refractivity contribution in [3.8, 4) is 0 Å². The van der Waals surface area contributed by atoms with Crippen LogP contribution in [0.4, 0.5) is 0 Å². The molecule has 0 saturated carbocycles. The first kappa shape index (κ1) is 18.3. The van der Waals surface area contributed by atoms with Gasteiger partial charge in [0, 0.05) is 32.7 Å². The predicted octanol–water partition coefficient (Wildman–Crippen LogP) is -1.25. The van der Waals surface area contributed by atoms with Crippen molar-refractivity contribution in [3.63, 3.8) is 0 Å². The number of hydrogen-bond acceptors (Lipinski definition) is 2. The van der Waals surface area contributed by atoms with Crippen LogP contribution in [-0.2, 0) is 0 Å². The number of hydrogen-bond donors (Lipinski definition) is 0. The molecule has 0 aromatic carbocycles. The second kappa shape index (κ2) is 9.02. The van der Waals surface area contributed by atoms with Gasteiger partial charge < -0.3 is 17.3 Å². The zero-order valence-corrected chi connectivity index (χ0v) is 12.2. The molecule has 0 bridgehead atoms. The van der Waals surface area contributed by atoms with Crippen LogP contribution < -0.4 is 12.4 Å². The fraction of sp³-hybridized carbons (Fsp3) is 0.333. The maximum Gasteiger partial charge on any atom is 0.172 e. The van der Waals surface area contributed by atoms with E-state index in [0.29, 0.717) is 0 Å². The van der Waals surface area contributed by atoms with Gasteiger partial charge in [0.1, 0.15) is 14.1 Å². The number of halogens is 2. The molecule has 5 heteroatoms. The molecule has 0 radical (unpaired) electrons. The summed E-state index contributed by atoms with van der Waals surface area (Å²) >= 11 is 0. The normalized spacial score (nSPS) is 9.76. The van der Waals surface area contributed by atoms with E-state index in [-0.39, 0.29) is 24.8 Å². The molecule has 0 aliphatic rings. The molecule has 0 saturated heterocycles. The summed E-state index contributed by atoms with van der Waals surface area (Å²) in [6.07, 6.45) is 7.80. The molecule has 1 rings (SSSR count). The van der Waals surface area contributed by atoms with Gasteiger partial charge in [0.2, 0.25) is 0 Å². The fourth-order valence-electron chi connectivity index (χ4n) is 1.28. The van der Waals surface area contributed by atoms with Crippen LogP contribution in [0.2, 0.25) is 0 Å². The molecule has 0 fully saturated rings. The van der Waals surface area contributed by atoms with Gasteiger partial charge in [-0.15, -0.1) is 12.4 Å². The standard InChI is InChI=1S/C12H18N3.2ClH/c1-14(2)9-12(10-15(3)4)11-5-7-13-8-6-11;;/h5-10H,1-4H3;2*1H/q+1;;/p-1. The van der Waals surface area contributed by atoms with Crippen LogP contribution in [0, 0.1) is 0 Å². The van der Waals surface area contributed by atoms with Gasteiger partial charge >= 0.3 is 0 Å². The average Bonchev–Trinajstić information content (AvgIpc) is 2.17. The summed E-state index contributed by atoms with van der Waals surface area (Å²) in [5.74, 6) is 0. The Morgan fingerprint density at radius 3 is 2.18 bits per heavy atom. The Labute approximate surface area is 116 Å². The van der Waals surface area contributed by atoms with Crippen LogP contribution in [0.15, 0.2) is 30.7 Å². The SMILES string of the molecule is CN(C)/C=C(/C=[N+](C)C)c1ccncc1.Cl.[Cl-]. The molecular formula is C12H19Cl2N3. The van der Waals surface area contributed by atoms with E-state index in [4.69, 9.17) is 0 Å². The first-order valence-corrected chi connectivity index (χ1v) is 4.89. The molecule has 0 unspecified atom stereocenters. The van der Waals surface area contributed by atoms with Gasteiger partial charge in [0.05, 0.1) is 5.57 Å². The molecule has 0 aliphatic heterocycles. The predicted molar refractivity (Wildman–Crippen MR) is 71.3 cm³/mol. The van der Waals surface area contributed by atoms with E-state index < -0.39 is 0 Å². The Morgan fingerprint density at radius 1 is 1.24 bits per heavy atom. The smallest absolute Gasteiger partial charge is 0.172 e. The average molecular weight is 276 g/mol. The molecule has 1 aromatic heterocycles. The third kappa shape index (κ3) is 6.97. The van der Waals surface area contributed by atoms with Gasteiger partial charge in [-0.3, -0.25) is 4.98 Å². The van der Waals surface area contributed by atoms with Crippen LogP contribution in [0.1, 0.15) is 5.56 Å². The molecule has 17 heavy (non-hydrogen) atoms. The molecule has 96 valence electrons. The first-order valence-electron chi connectivity index (χ1n) is 4.89. The first-order chi connectivity index (χ1) is 7.09. The lowest BCUT2D eigenvalue weighted by molar-refractivity contribution is -0.458. The molecule has 0 atom stereocenters. The molecule has 0 spiro atoms. The zero-order chi connectivity index (χ0) is 11.3. The number of nitrogens with zero attached hydrogens (tertiary/aromatic N) is 3. The lowest BCUT2D eigenvalue weighted by Gasteiger charge is -2.07. The minimum atomic E-state index is 0. The van der Waals surface area contributed by atoms with E-state index in [9.17, 15) is 0 Å². The Hall–Kier alpha value is -1.06. The monoisotopic (exact) mass is 275 g/mol. The van der Waals surface area contributed by atoms with E-state index in [2.05, 4.69) is 17.4 Å². The fourth-order valence-corrected chi connectivity index (χ4v) is 1.28. The van der Waals surface area contributed by atoms with Gasteiger partial charge in [-0.1, -0.05) is 0 Å². The van der Waals surface area contributed by atoms with E-state index in [1.807, 2.05) is 62.2 Å². The van der Waals surface area contributed by atoms with Gasteiger partial charge in [0.15, 0.2) is 6.21 Å². The third-order valence-corrected chi connectivity index (χ3v) is 1.81. The summed E-state index contributed by atoms with van der Waals surface area (Å²) in [5, 5.41) is 0. The summed E-state index contributed by atoms with van der Waals surface area (Å²) in [6.45, 7) is 0. The van der Waals surface area contributed by atoms with Gasteiger partial charge in [0.25, 0.3) is 0 Å². The lowest BCUT2D eigenvalue weighted by Crippen LogP contribution is -3.00. The summed E-state index contributed by atoms with van der Waals surface area (Å²) < 4.78 is 2.04. The van der Waals surface area contributed by atoms with E-state index >= 15 is 0 Å². The largest absolute Gasteiger partial charge is 1.00 e. The lowest BCUT2D eigenvalue weighted by atomic mass is 10.1. The molecule has 0 N–H and O–H groups in total. The van der Waals surface area contributed by atoms with Crippen LogP contribution in [-0.4, -0.2) is 48.9 Å². The van der Waals surface area contributed by atoms with Crippen molar-refractivity contribution in [1.29, 1.82) is 0 Å².